The summed E-state index contributed by atoms with van der Waals surface area (Å²) in [6.07, 6.45) is 7.00. The van der Waals surface area contributed by atoms with Gasteiger partial charge in [0.2, 0.25) is 0 Å². The molecule has 6 aromatic carbocycles. The summed E-state index contributed by atoms with van der Waals surface area (Å²) in [6.45, 7) is 4.00. The quantitative estimate of drug-likeness (QED) is 0.201. The zero-order chi connectivity index (χ0) is 29.6. The van der Waals surface area contributed by atoms with E-state index in [1.807, 2.05) is 13.8 Å². The Hall–Kier alpha value is -5.34. The second-order valence-electron chi connectivity index (χ2n) is 11.2. The van der Waals surface area contributed by atoms with E-state index in [0.29, 0.717) is 0 Å². The summed E-state index contributed by atoms with van der Waals surface area (Å²) in [5.74, 6) is 0. The molecule has 0 spiro atoms. The van der Waals surface area contributed by atoms with Crippen molar-refractivity contribution in [3.05, 3.63) is 144 Å². The first-order valence-electron chi connectivity index (χ1n) is 15.8. The van der Waals surface area contributed by atoms with E-state index in [4.69, 9.17) is 0 Å². The van der Waals surface area contributed by atoms with Gasteiger partial charge in [-0.3, -0.25) is 0 Å². The molecule has 0 unspecified atom stereocenters. The molecule has 2 nitrogen and oxygen atoms in total. The van der Waals surface area contributed by atoms with Crippen LogP contribution >= 0.6 is 0 Å². The molecule has 0 atom stereocenters. The van der Waals surface area contributed by atoms with E-state index in [1.165, 1.54) is 76.6 Å². The third kappa shape index (κ3) is 3.95. The topological polar surface area (TPSA) is 9.86 Å². The molecule has 1 aliphatic carbocycles. The lowest BCUT2D eigenvalue weighted by molar-refractivity contribution is 1.03. The number of benzene rings is 6. The average Bonchev–Trinajstić information content (AvgIpc) is 3.62. The molecule has 0 aliphatic heterocycles. The maximum Gasteiger partial charge on any atom is 0.0547 e. The van der Waals surface area contributed by atoms with E-state index in [2.05, 4.69) is 155 Å². The van der Waals surface area contributed by atoms with Crippen LogP contribution < -0.4 is 10.6 Å². The maximum atomic E-state index is 2.49. The standard InChI is InChI=1S/C40H28N2.C2H6/c1-2-14-29(15-3-1)41-36-20-8-6-17-32(36)33-25-24-28(26-39(33)41)31-19-11-23-38-40(31)34-18-7-9-21-37(34)42(38)35-22-10-13-27-12-4-5-16-30(27)35;1-2/h1-6,8,10-26H,7,9H2;1-2H3. The third-order valence-corrected chi connectivity index (χ3v) is 8.93. The van der Waals surface area contributed by atoms with E-state index in [0.717, 1.165) is 12.8 Å². The monoisotopic (exact) mass is 566 g/mol. The van der Waals surface area contributed by atoms with E-state index in [9.17, 15) is 0 Å². The summed E-state index contributed by atoms with van der Waals surface area (Å²) in [5, 5.41) is 9.09. The Labute approximate surface area is 257 Å². The van der Waals surface area contributed by atoms with Gasteiger partial charge in [0.1, 0.15) is 0 Å². The number of para-hydroxylation sites is 2. The lowest BCUT2D eigenvalue weighted by Crippen LogP contribution is -2.30. The number of rotatable bonds is 3. The van der Waals surface area contributed by atoms with Crippen LogP contribution in [0, 0.1) is 0 Å². The molecule has 0 fully saturated rings. The molecule has 8 aromatic rings. The molecular weight excluding hydrogens is 532 g/mol. The summed E-state index contributed by atoms with van der Waals surface area (Å²) in [7, 11) is 0. The van der Waals surface area contributed by atoms with Crippen LogP contribution in [0.15, 0.2) is 133 Å². The fourth-order valence-electron chi connectivity index (χ4n) is 7.14. The highest BCUT2D eigenvalue weighted by Gasteiger charge is 2.18. The van der Waals surface area contributed by atoms with E-state index >= 15 is 0 Å². The highest BCUT2D eigenvalue weighted by Crippen LogP contribution is 2.36. The fraction of sp³-hybridized carbons (Fsp3) is 0.0952. The molecule has 44 heavy (non-hydrogen) atoms. The molecule has 1 aliphatic rings. The third-order valence-electron chi connectivity index (χ3n) is 8.93. The summed E-state index contributed by atoms with van der Waals surface area (Å²) in [5.41, 5.74) is 8.66. The highest BCUT2D eigenvalue weighted by molar-refractivity contribution is 6.11. The molecule has 0 bridgehead atoms. The smallest absolute Gasteiger partial charge is 0.0547 e. The number of aromatic nitrogens is 2. The number of hydrogen-bond acceptors (Lipinski definition) is 0. The number of fused-ring (bicyclic) bond motifs is 7. The lowest BCUT2D eigenvalue weighted by atomic mass is 9.98. The molecular formula is C42H34N2. The Bertz CT molecular complexity index is 2450. The second kappa shape index (κ2) is 10.7. The van der Waals surface area contributed by atoms with Gasteiger partial charge >= 0.3 is 0 Å². The molecule has 9 rings (SSSR count). The van der Waals surface area contributed by atoms with E-state index in [1.54, 1.807) is 0 Å². The molecule has 0 saturated carbocycles. The molecule has 212 valence electrons. The fourth-order valence-corrected chi connectivity index (χ4v) is 7.14. The van der Waals surface area contributed by atoms with Crippen LogP contribution in [0.3, 0.4) is 0 Å². The second-order valence-corrected chi connectivity index (χ2v) is 11.2. The van der Waals surface area contributed by atoms with Crippen molar-refractivity contribution in [2.75, 3.05) is 0 Å². The van der Waals surface area contributed by atoms with Gasteiger partial charge in [-0.15, -0.1) is 0 Å². The summed E-state index contributed by atoms with van der Waals surface area (Å²) in [6, 6.07) is 48.7. The first-order chi connectivity index (χ1) is 21.9. The van der Waals surface area contributed by atoms with Crippen LogP contribution in [0.4, 0.5) is 0 Å². The lowest BCUT2D eigenvalue weighted by Gasteiger charge is -2.12. The van der Waals surface area contributed by atoms with Crippen molar-refractivity contribution < 1.29 is 0 Å². The van der Waals surface area contributed by atoms with Gasteiger partial charge in [0.15, 0.2) is 0 Å². The van der Waals surface area contributed by atoms with Crippen molar-refractivity contribution in [3.8, 4) is 22.5 Å². The maximum absolute atomic E-state index is 2.49. The van der Waals surface area contributed by atoms with Gasteiger partial charge in [0.25, 0.3) is 0 Å². The largest absolute Gasteiger partial charge is 0.309 e. The van der Waals surface area contributed by atoms with Gasteiger partial charge in [-0.1, -0.05) is 123 Å². The molecule has 0 radical (unpaired) electrons. The summed E-state index contributed by atoms with van der Waals surface area (Å²) >= 11 is 0. The predicted octanol–water partition coefficient (Wildman–Crippen LogP) is 9.93. The minimum Gasteiger partial charge on any atom is -0.309 e. The van der Waals surface area contributed by atoms with Gasteiger partial charge < -0.3 is 9.13 Å². The van der Waals surface area contributed by atoms with Gasteiger partial charge in [-0.05, 0) is 65.8 Å². The SMILES string of the molecule is C1=c2c(n(-c3cccc4ccccc34)c3cccc(-c4ccc5c6ccccc6n(-c6ccccc6)c5c4)c23)=CCC1.CC. The zero-order valence-electron chi connectivity index (χ0n) is 25.2. The first-order valence-corrected chi connectivity index (χ1v) is 15.8. The highest BCUT2D eigenvalue weighted by atomic mass is 15.0. The van der Waals surface area contributed by atoms with Crippen LogP contribution in [0.1, 0.15) is 26.7 Å². The Morgan fingerprint density at radius 3 is 2.07 bits per heavy atom. The van der Waals surface area contributed by atoms with E-state index in [-0.39, 0.29) is 0 Å². The van der Waals surface area contributed by atoms with Crippen LogP contribution in [0.5, 0.6) is 0 Å². The first kappa shape index (κ1) is 26.3. The number of hydrogen-bond donors (Lipinski definition) is 0. The van der Waals surface area contributed by atoms with Crippen molar-refractivity contribution in [3.63, 3.8) is 0 Å². The number of nitrogens with zero attached hydrogens (tertiary/aromatic N) is 2. The Kier molecular flexibility index (Phi) is 6.42. The molecule has 2 heterocycles. The van der Waals surface area contributed by atoms with Crippen molar-refractivity contribution in [1.82, 2.24) is 9.13 Å². The summed E-state index contributed by atoms with van der Waals surface area (Å²) in [4.78, 5) is 0. The molecule has 0 amide bonds. The Morgan fingerprint density at radius 1 is 0.500 bits per heavy atom. The van der Waals surface area contributed by atoms with Gasteiger partial charge in [0, 0.05) is 37.8 Å². The van der Waals surface area contributed by atoms with Gasteiger partial charge in [-0.25, -0.2) is 0 Å². The van der Waals surface area contributed by atoms with Crippen molar-refractivity contribution in [2.24, 2.45) is 0 Å². The Balaban J connectivity index is 0.00000142. The van der Waals surface area contributed by atoms with Crippen LogP contribution in [0.25, 0.3) is 78.1 Å². The molecule has 0 N–H and O–H groups in total. The molecule has 2 aromatic heterocycles. The summed E-state index contributed by atoms with van der Waals surface area (Å²) < 4.78 is 4.90. The predicted molar refractivity (Wildman–Crippen MR) is 189 cm³/mol. The van der Waals surface area contributed by atoms with Crippen molar-refractivity contribution in [2.45, 2.75) is 26.7 Å². The van der Waals surface area contributed by atoms with Crippen molar-refractivity contribution in [1.29, 1.82) is 0 Å². The zero-order valence-corrected chi connectivity index (χ0v) is 25.2. The average molecular weight is 567 g/mol. The molecule has 0 saturated heterocycles. The molecule has 2 heteroatoms. The van der Waals surface area contributed by atoms with Crippen LogP contribution in [0.2, 0.25) is 0 Å². The normalized spacial score (nSPS) is 12.5. The van der Waals surface area contributed by atoms with Gasteiger partial charge in [0.05, 0.1) is 22.2 Å². The van der Waals surface area contributed by atoms with Gasteiger partial charge in [-0.2, -0.15) is 0 Å². The minimum absolute atomic E-state index is 1.06. The Morgan fingerprint density at radius 2 is 1.18 bits per heavy atom. The van der Waals surface area contributed by atoms with Crippen molar-refractivity contribution >= 4 is 55.6 Å². The minimum atomic E-state index is 1.06. The van der Waals surface area contributed by atoms with E-state index < -0.39 is 0 Å². The van der Waals surface area contributed by atoms with Crippen LogP contribution in [-0.2, 0) is 0 Å². The van der Waals surface area contributed by atoms with Crippen LogP contribution in [-0.4, -0.2) is 9.13 Å².